The van der Waals surface area contributed by atoms with Crippen LogP contribution in [0.15, 0.2) is 16.2 Å². The van der Waals surface area contributed by atoms with Crippen LogP contribution in [0.4, 0.5) is 9.80 Å². The van der Waals surface area contributed by atoms with Crippen LogP contribution in [0, 0.1) is 6.92 Å². The zero-order valence-corrected chi connectivity index (χ0v) is 15.8. The maximum atomic E-state index is 12.5. The molecule has 8 nitrogen and oxygen atoms in total. The Bertz CT molecular complexity index is 880. The Hall–Kier alpha value is -2.68. The fraction of sp³-hybridized carbons (Fsp3) is 0.444. The molecule has 0 fully saturated rings. The van der Waals surface area contributed by atoms with E-state index in [0.717, 1.165) is 48.2 Å². The minimum atomic E-state index is -1.83. The van der Waals surface area contributed by atoms with Gasteiger partial charge in [-0.05, 0) is 57.4 Å². The fourth-order valence-corrected chi connectivity index (χ4v) is 4.62. The van der Waals surface area contributed by atoms with Crippen molar-refractivity contribution < 1.29 is 24.3 Å². The highest BCUT2D eigenvalue weighted by atomic mass is 32.1. The summed E-state index contributed by atoms with van der Waals surface area (Å²) in [6, 6.07) is 0. The van der Waals surface area contributed by atoms with Gasteiger partial charge in [-0.3, -0.25) is 4.79 Å². The summed E-state index contributed by atoms with van der Waals surface area (Å²) >= 11 is 1.67. The van der Waals surface area contributed by atoms with E-state index in [1.807, 2.05) is 13.0 Å². The first-order valence-electron chi connectivity index (χ1n) is 8.83. The molecule has 0 aromatic carbocycles. The van der Waals surface area contributed by atoms with Gasteiger partial charge in [0.15, 0.2) is 5.82 Å². The van der Waals surface area contributed by atoms with E-state index in [2.05, 4.69) is 15.5 Å². The van der Waals surface area contributed by atoms with Crippen molar-refractivity contribution in [1.82, 2.24) is 10.1 Å². The molecule has 3 N–H and O–H groups in total. The topological polar surface area (TPSA) is 126 Å². The van der Waals surface area contributed by atoms with Crippen molar-refractivity contribution in [2.24, 2.45) is 0 Å². The molecule has 144 valence electrons. The van der Waals surface area contributed by atoms with E-state index >= 15 is 0 Å². The number of amides is 1. The van der Waals surface area contributed by atoms with E-state index in [1.165, 1.54) is 23.3 Å². The normalized spacial score (nSPS) is 15.4. The van der Waals surface area contributed by atoms with Gasteiger partial charge in [0.05, 0.1) is 5.56 Å². The van der Waals surface area contributed by atoms with Crippen molar-refractivity contribution in [2.45, 2.75) is 51.9 Å². The molecule has 0 saturated heterocycles. The predicted molar refractivity (Wildman–Crippen MR) is 100 cm³/mol. The summed E-state index contributed by atoms with van der Waals surface area (Å²) in [4.78, 5) is 26.8. The first kappa shape index (κ1) is 19.1. The Morgan fingerprint density at radius 3 is 2.56 bits per heavy atom. The molecule has 4 rings (SSSR count). The number of aromatic nitrogens is 2. The maximum absolute atomic E-state index is 12.5. The average Bonchev–Trinajstić information content (AvgIpc) is 3.33. The lowest BCUT2D eigenvalue weighted by Gasteiger charge is -2.11. The summed E-state index contributed by atoms with van der Waals surface area (Å²) in [5.41, 5.74) is 3.11. The van der Waals surface area contributed by atoms with Crippen molar-refractivity contribution in [3.05, 3.63) is 27.9 Å². The van der Waals surface area contributed by atoms with Crippen LogP contribution >= 0.6 is 11.3 Å². The number of allylic oxidation sites excluding steroid dienone is 1. The number of thiophene rings is 1. The number of nitrogens with zero attached hydrogens (tertiary/aromatic N) is 2. The van der Waals surface area contributed by atoms with E-state index in [1.54, 1.807) is 11.3 Å². The van der Waals surface area contributed by atoms with Gasteiger partial charge in [0, 0.05) is 10.5 Å². The van der Waals surface area contributed by atoms with Gasteiger partial charge < -0.3 is 20.1 Å². The van der Waals surface area contributed by atoms with Gasteiger partial charge in [-0.2, -0.15) is 4.98 Å². The number of hydrogen-bond acceptors (Lipinski definition) is 6. The lowest BCUT2D eigenvalue weighted by Crippen LogP contribution is -2.13. The van der Waals surface area contributed by atoms with Crippen LogP contribution in [0.2, 0.25) is 0 Å². The summed E-state index contributed by atoms with van der Waals surface area (Å²) in [6.45, 7) is 1.81. The van der Waals surface area contributed by atoms with Crippen molar-refractivity contribution in [1.29, 1.82) is 0 Å². The first-order chi connectivity index (χ1) is 13.0. The Labute approximate surface area is 159 Å². The summed E-state index contributed by atoms with van der Waals surface area (Å²) in [5, 5.41) is 21.8. The number of nitrogens with one attached hydrogen (secondary N) is 1. The molecule has 0 unspecified atom stereocenters. The summed E-state index contributed by atoms with van der Waals surface area (Å²) < 4.78 is 5.40. The van der Waals surface area contributed by atoms with Gasteiger partial charge in [0.2, 0.25) is 0 Å². The second kappa shape index (κ2) is 8.34. The van der Waals surface area contributed by atoms with Crippen LogP contribution in [-0.4, -0.2) is 32.4 Å². The van der Waals surface area contributed by atoms with Gasteiger partial charge in [-0.1, -0.05) is 11.2 Å². The SMILES string of the molecule is Cc1noc(-c2c(NC(=O)C3=CCCC3)sc3c2CCCC3)n1.O=C(O)O. The van der Waals surface area contributed by atoms with Gasteiger partial charge in [-0.15, -0.1) is 11.3 Å². The number of hydrogen-bond donors (Lipinski definition) is 3. The highest BCUT2D eigenvalue weighted by Gasteiger charge is 2.27. The van der Waals surface area contributed by atoms with Crippen LogP contribution in [-0.2, 0) is 17.6 Å². The van der Waals surface area contributed by atoms with E-state index in [0.29, 0.717) is 11.7 Å². The van der Waals surface area contributed by atoms with E-state index in [9.17, 15) is 4.79 Å². The molecule has 9 heteroatoms. The van der Waals surface area contributed by atoms with Gasteiger partial charge in [0.1, 0.15) is 5.00 Å². The number of rotatable bonds is 3. The molecule has 2 heterocycles. The molecule has 0 spiro atoms. The second-order valence-electron chi connectivity index (χ2n) is 6.42. The minimum absolute atomic E-state index is 0.0126. The summed E-state index contributed by atoms with van der Waals surface area (Å²) in [7, 11) is 0. The molecule has 0 radical (unpaired) electrons. The fourth-order valence-electron chi connectivity index (χ4n) is 3.34. The molecule has 0 aliphatic heterocycles. The highest BCUT2D eigenvalue weighted by Crippen LogP contribution is 2.43. The number of fused-ring (bicyclic) bond motifs is 1. The van der Waals surface area contributed by atoms with Crippen molar-refractivity contribution in [3.8, 4) is 11.5 Å². The second-order valence-corrected chi connectivity index (χ2v) is 7.53. The standard InChI is InChI=1S/C17H19N3O2S.CH2O3/c1-10-18-16(22-20-10)14-12-8-4-5-9-13(12)23-17(14)19-15(21)11-6-2-3-7-11;2-1(3)4/h6H,2-5,7-9H2,1H3,(H,19,21);(H2,2,3,4). The Morgan fingerprint density at radius 1 is 1.19 bits per heavy atom. The molecular weight excluding hydrogens is 370 g/mol. The zero-order chi connectivity index (χ0) is 19.4. The molecule has 2 aromatic rings. The number of aryl methyl sites for hydroxylation is 2. The monoisotopic (exact) mass is 391 g/mol. The lowest BCUT2D eigenvalue weighted by molar-refractivity contribution is -0.112. The largest absolute Gasteiger partial charge is 0.503 e. The minimum Gasteiger partial charge on any atom is -0.450 e. The molecule has 2 aliphatic rings. The smallest absolute Gasteiger partial charge is 0.450 e. The van der Waals surface area contributed by atoms with Crippen LogP contribution < -0.4 is 5.32 Å². The third-order valence-corrected chi connectivity index (χ3v) is 5.68. The molecule has 2 aliphatic carbocycles. The van der Waals surface area contributed by atoms with E-state index < -0.39 is 6.16 Å². The van der Waals surface area contributed by atoms with Crippen molar-refractivity contribution >= 4 is 28.4 Å². The van der Waals surface area contributed by atoms with E-state index in [4.69, 9.17) is 19.5 Å². The summed E-state index contributed by atoms with van der Waals surface area (Å²) in [5.74, 6) is 1.16. The van der Waals surface area contributed by atoms with Crippen LogP contribution in [0.25, 0.3) is 11.5 Å². The van der Waals surface area contributed by atoms with Gasteiger partial charge in [0.25, 0.3) is 11.8 Å². The van der Waals surface area contributed by atoms with Crippen molar-refractivity contribution in [2.75, 3.05) is 5.32 Å². The maximum Gasteiger partial charge on any atom is 0.503 e. The molecule has 1 amide bonds. The Morgan fingerprint density at radius 2 is 1.93 bits per heavy atom. The highest BCUT2D eigenvalue weighted by molar-refractivity contribution is 7.17. The molecule has 2 aromatic heterocycles. The van der Waals surface area contributed by atoms with Crippen LogP contribution in [0.1, 0.15) is 48.4 Å². The molecule has 27 heavy (non-hydrogen) atoms. The predicted octanol–water partition coefficient (Wildman–Crippen LogP) is 4.26. The quantitative estimate of drug-likeness (QED) is 0.714. The van der Waals surface area contributed by atoms with Crippen LogP contribution in [0.3, 0.4) is 0 Å². The Balaban J connectivity index is 0.000000481. The number of carboxylic acid groups (broad SMARTS) is 2. The molecular formula is C18H21N3O5S. The molecule has 0 bridgehead atoms. The van der Waals surface area contributed by atoms with Crippen LogP contribution in [0.5, 0.6) is 0 Å². The third-order valence-electron chi connectivity index (χ3n) is 4.47. The zero-order valence-electron chi connectivity index (χ0n) is 14.9. The molecule has 0 saturated carbocycles. The average molecular weight is 391 g/mol. The number of carbonyl (C=O) groups excluding carboxylic acids is 1. The number of carbonyl (C=O) groups is 2. The van der Waals surface area contributed by atoms with E-state index in [-0.39, 0.29) is 5.91 Å². The first-order valence-corrected chi connectivity index (χ1v) is 9.65. The number of anilines is 1. The Kier molecular flexibility index (Phi) is 5.90. The van der Waals surface area contributed by atoms with Gasteiger partial charge in [-0.25, -0.2) is 4.79 Å². The summed E-state index contributed by atoms with van der Waals surface area (Å²) in [6.07, 6.45) is 7.60. The van der Waals surface area contributed by atoms with Gasteiger partial charge >= 0.3 is 6.16 Å². The third kappa shape index (κ3) is 4.54. The molecule has 0 atom stereocenters. The van der Waals surface area contributed by atoms with Crippen molar-refractivity contribution in [3.63, 3.8) is 0 Å². The lowest BCUT2D eigenvalue weighted by atomic mass is 9.95.